The van der Waals surface area contributed by atoms with Crippen LogP contribution >= 0.6 is 0 Å². The van der Waals surface area contributed by atoms with Crippen molar-refractivity contribution < 1.29 is 24.0 Å². The van der Waals surface area contributed by atoms with Gasteiger partial charge in [-0.3, -0.25) is 19.7 Å². The monoisotopic (exact) mass is 460 g/mol. The third-order valence-electron chi connectivity index (χ3n) is 5.36. The second-order valence-electron chi connectivity index (χ2n) is 7.75. The fourth-order valence-electron chi connectivity index (χ4n) is 3.39. The fourth-order valence-corrected chi connectivity index (χ4v) is 3.39. The van der Waals surface area contributed by atoms with Crippen LogP contribution < -0.4 is 0 Å². The van der Waals surface area contributed by atoms with E-state index in [4.69, 9.17) is 9.47 Å². The Morgan fingerprint density at radius 1 is 1.09 bits per heavy atom. The van der Waals surface area contributed by atoms with E-state index in [1.54, 1.807) is 38.2 Å². The van der Waals surface area contributed by atoms with Crippen LogP contribution in [0.25, 0.3) is 0 Å². The van der Waals surface area contributed by atoms with E-state index in [0.29, 0.717) is 38.3 Å². The Kier molecular flexibility index (Phi) is 10.0. The van der Waals surface area contributed by atoms with Gasteiger partial charge in [-0.2, -0.15) is 0 Å². The van der Waals surface area contributed by atoms with Crippen molar-refractivity contribution in [1.29, 1.82) is 0 Å². The largest absolute Gasteiger partial charge is 0.385 e. The lowest BCUT2D eigenvalue weighted by Crippen LogP contribution is -2.44. The van der Waals surface area contributed by atoms with Gasteiger partial charge in [0.15, 0.2) is 0 Å². The third-order valence-corrected chi connectivity index (χ3v) is 5.36. The number of benzene rings is 1. The molecule has 180 valence electrons. The molecule has 0 unspecified atom stereocenters. The van der Waals surface area contributed by atoms with Crippen LogP contribution in [0.15, 0.2) is 36.5 Å². The lowest BCUT2D eigenvalue weighted by molar-refractivity contribution is -0.385. The molecule has 10 heteroatoms. The number of aryl methyl sites for hydroxylation is 2. The van der Waals surface area contributed by atoms with Crippen molar-refractivity contribution in [2.75, 3.05) is 47.1 Å². The number of methoxy groups -OCH3 is 2. The Labute approximate surface area is 193 Å². The molecule has 0 aliphatic rings. The van der Waals surface area contributed by atoms with E-state index in [2.05, 4.69) is 0 Å². The number of carbonyl (C=O) groups excluding carboxylic acids is 2. The summed E-state index contributed by atoms with van der Waals surface area (Å²) in [6, 6.07) is 8.18. The molecule has 0 bridgehead atoms. The van der Waals surface area contributed by atoms with Crippen molar-refractivity contribution in [3.8, 4) is 0 Å². The topological polar surface area (TPSA) is 107 Å². The summed E-state index contributed by atoms with van der Waals surface area (Å²) < 4.78 is 12.2. The van der Waals surface area contributed by atoms with Crippen LogP contribution in [-0.2, 0) is 27.9 Å². The highest BCUT2D eigenvalue weighted by Crippen LogP contribution is 2.20. The molecular weight excluding hydrogens is 428 g/mol. The zero-order chi connectivity index (χ0) is 24.4. The molecule has 0 aliphatic heterocycles. The van der Waals surface area contributed by atoms with Crippen LogP contribution in [-0.4, -0.2) is 78.2 Å². The SMILES string of the molecule is COCCCN(CC(=O)N(CCOC)Cc1cccn1C)C(=O)c1ccc(C)c([N+](=O)[O-])c1. The predicted octanol–water partition coefficient (Wildman–Crippen LogP) is 2.40. The Balaban J connectivity index is 2.24. The van der Waals surface area contributed by atoms with Crippen LogP contribution in [0.2, 0.25) is 0 Å². The molecular formula is C23H32N4O6. The minimum absolute atomic E-state index is 0.130. The van der Waals surface area contributed by atoms with Gasteiger partial charge in [0.2, 0.25) is 5.91 Å². The molecule has 2 amide bonds. The number of rotatable bonds is 13. The van der Waals surface area contributed by atoms with Gasteiger partial charge in [-0.15, -0.1) is 0 Å². The molecule has 0 N–H and O–H groups in total. The Morgan fingerprint density at radius 3 is 2.42 bits per heavy atom. The molecule has 1 heterocycles. The highest BCUT2D eigenvalue weighted by Gasteiger charge is 2.24. The number of hydrogen-bond donors (Lipinski definition) is 0. The van der Waals surface area contributed by atoms with Gasteiger partial charge in [0.1, 0.15) is 6.54 Å². The van der Waals surface area contributed by atoms with Gasteiger partial charge in [0.25, 0.3) is 11.6 Å². The molecule has 0 saturated heterocycles. The van der Waals surface area contributed by atoms with Crippen molar-refractivity contribution in [2.45, 2.75) is 19.9 Å². The molecule has 33 heavy (non-hydrogen) atoms. The Hall–Kier alpha value is -3.24. The summed E-state index contributed by atoms with van der Waals surface area (Å²) in [5.74, 6) is -0.672. The molecule has 2 rings (SSSR count). The number of amides is 2. The molecule has 0 spiro atoms. The molecule has 0 fully saturated rings. The van der Waals surface area contributed by atoms with Crippen molar-refractivity contribution >= 4 is 17.5 Å². The molecule has 1 aromatic carbocycles. The first kappa shape index (κ1) is 26.0. The standard InChI is InChI=1S/C23H32N4O6/c1-18-8-9-19(15-21(18)27(30)31)23(29)26(11-6-13-32-3)17-22(28)25(12-14-33-4)16-20-7-5-10-24(20)2/h5,7-10,15H,6,11-14,16-17H2,1-4H3. The average molecular weight is 461 g/mol. The maximum atomic E-state index is 13.2. The van der Waals surface area contributed by atoms with E-state index in [0.717, 1.165) is 5.69 Å². The first-order chi connectivity index (χ1) is 15.8. The number of hydrogen-bond acceptors (Lipinski definition) is 6. The number of nitro benzene ring substituents is 1. The zero-order valence-corrected chi connectivity index (χ0v) is 19.7. The minimum atomic E-state index is -0.515. The van der Waals surface area contributed by atoms with Gasteiger partial charge in [-0.25, -0.2) is 0 Å². The van der Waals surface area contributed by atoms with Crippen molar-refractivity contribution in [3.05, 3.63) is 63.5 Å². The van der Waals surface area contributed by atoms with Gasteiger partial charge < -0.3 is 23.8 Å². The van der Waals surface area contributed by atoms with Gasteiger partial charge >= 0.3 is 0 Å². The highest BCUT2D eigenvalue weighted by molar-refractivity contribution is 5.97. The molecule has 0 saturated carbocycles. The molecule has 10 nitrogen and oxygen atoms in total. The molecule has 0 atom stereocenters. The third kappa shape index (κ3) is 7.40. The Morgan fingerprint density at radius 2 is 1.82 bits per heavy atom. The summed E-state index contributed by atoms with van der Waals surface area (Å²) in [7, 11) is 5.03. The molecule has 0 aliphatic carbocycles. The van der Waals surface area contributed by atoms with Crippen LogP contribution in [0.3, 0.4) is 0 Å². The maximum absolute atomic E-state index is 13.2. The van der Waals surface area contributed by atoms with Crippen LogP contribution in [0.4, 0.5) is 5.69 Å². The highest BCUT2D eigenvalue weighted by atomic mass is 16.6. The van der Waals surface area contributed by atoms with Crippen molar-refractivity contribution in [1.82, 2.24) is 14.4 Å². The van der Waals surface area contributed by atoms with E-state index in [1.807, 2.05) is 29.9 Å². The van der Waals surface area contributed by atoms with Gasteiger partial charge in [0.05, 0.1) is 18.1 Å². The summed E-state index contributed by atoms with van der Waals surface area (Å²) in [5.41, 5.74) is 1.45. The first-order valence-corrected chi connectivity index (χ1v) is 10.7. The molecule has 1 aromatic heterocycles. The van der Waals surface area contributed by atoms with Crippen LogP contribution in [0, 0.1) is 17.0 Å². The fraction of sp³-hybridized carbons (Fsp3) is 0.478. The number of nitrogens with zero attached hydrogens (tertiary/aromatic N) is 4. The number of carbonyl (C=O) groups is 2. The van der Waals surface area contributed by atoms with E-state index in [-0.39, 0.29) is 30.2 Å². The van der Waals surface area contributed by atoms with Crippen molar-refractivity contribution in [2.24, 2.45) is 7.05 Å². The predicted molar refractivity (Wildman–Crippen MR) is 123 cm³/mol. The summed E-state index contributed by atoms with van der Waals surface area (Å²) in [4.78, 5) is 40.3. The lowest BCUT2D eigenvalue weighted by atomic mass is 10.1. The number of nitro groups is 1. The quantitative estimate of drug-likeness (QED) is 0.258. The summed E-state index contributed by atoms with van der Waals surface area (Å²) in [5, 5.41) is 11.3. The minimum Gasteiger partial charge on any atom is -0.385 e. The summed E-state index contributed by atoms with van der Waals surface area (Å²) >= 11 is 0. The van der Waals surface area contributed by atoms with E-state index in [1.165, 1.54) is 11.0 Å². The van der Waals surface area contributed by atoms with Gasteiger partial charge in [-0.05, 0) is 31.5 Å². The molecule has 0 radical (unpaired) electrons. The van der Waals surface area contributed by atoms with Crippen LogP contribution in [0.1, 0.15) is 28.0 Å². The second kappa shape index (κ2) is 12.7. The van der Waals surface area contributed by atoms with Crippen molar-refractivity contribution in [3.63, 3.8) is 0 Å². The lowest BCUT2D eigenvalue weighted by Gasteiger charge is -2.28. The van der Waals surface area contributed by atoms with E-state index < -0.39 is 10.8 Å². The van der Waals surface area contributed by atoms with Crippen LogP contribution in [0.5, 0.6) is 0 Å². The summed E-state index contributed by atoms with van der Waals surface area (Å²) in [6.07, 6.45) is 2.43. The number of aromatic nitrogens is 1. The maximum Gasteiger partial charge on any atom is 0.273 e. The molecule has 2 aromatic rings. The smallest absolute Gasteiger partial charge is 0.273 e. The van der Waals surface area contributed by atoms with Gasteiger partial charge in [-0.1, -0.05) is 6.07 Å². The first-order valence-electron chi connectivity index (χ1n) is 10.7. The number of ether oxygens (including phenoxy) is 2. The average Bonchev–Trinajstić information content (AvgIpc) is 3.19. The van der Waals surface area contributed by atoms with Gasteiger partial charge in [0, 0.05) is 70.0 Å². The van der Waals surface area contributed by atoms with E-state index >= 15 is 0 Å². The normalized spacial score (nSPS) is 10.8. The van der Waals surface area contributed by atoms with E-state index in [9.17, 15) is 19.7 Å². The Bertz CT molecular complexity index is 958. The second-order valence-corrected chi connectivity index (χ2v) is 7.75. The summed E-state index contributed by atoms with van der Waals surface area (Å²) in [6.45, 7) is 3.27. The zero-order valence-electron chi connectivity index (χ0n) is 19.7.